The summed E-state index contributed by atoms with van der Waals surface area (Å²) >= 11 is 0. The Morgan fingerprint density at radius 3 is 2.13 bits per heavy atom. The van der Waals surface area contributed by atoms with E-state index in [0.29, 0.717) is 17.8 Å². The number of hydrogen-bond donors (Lipinski definition) is 1. The number of benzene rings is 3. The largest absolute Gasteiger partial charge is 0.452 e. The first-order chi connectivity index (χ1) is 14.5. The molecule has 0 fully saturated rings. The minimum atomic E-state index is -0.536. The van der Waals surface area contributed by atoms with Crippen molar-refractivity contribution in [1.29, 1.82) is 0 Å². The van der Waals surface area contributed by atoms with E-state index in [-0.39, 0.29) is 18.6 Å². The van der Waals surface area contributed by atoms with Gasteiger partial charge in [-0.25, -0.2) is 4.79 Å². The molecule has 30 heavy (non-hydrogen) atoms. The number of carbonyl (C=O) groups is 2. The van der Waals surface area contributed by atoms with Gasteiger partial charge in [-0.15, -0.1) is 0 Å². The van der Waals surface area contributed by atoms with Crippen LogP contribution in [0.5, 0.6) is 0 Å². The van der Waals surface area contributed by atoms with Crippen LogP contribution in [0.3, 0.4) is 0 Å². The molecule has 0 atom stereocenters. The maximum Gasteiger partial charge on any atom is 0.340 e. The summed E-state index contributed by atoms with van der Waals surface area (Å²) in [6, 6.07) is 26.4. The molecule has 1 N–H and O–H groups in total. The van der Waals surface area contributed by atoms with E-state index < -0.39 is 5.97 Å². The Balaban J connectivity index is 1.65. The molecule has 0 aliphatic rings. The van der Waals surface area contributed by atoms with Crippen molar-refractivity contribution in [2.24, 2.45) is 0 Å². The van der Waals surface area contributed by atoms with E-state index in [4.69, 9.17) is 4.74 Å². The highest BCUT2D eigenvalue weighted by molar-refractivity contribution is 5.97. The Hall–Kier alpha value is -3.60. The summed E-state index contributed by atoms with van der Waals surface area (Å²) in [6.45, 7) is 4.06. The summed E-state index contributed by atoms with van der Waals surface area (Å²) in [5, 5.41) is 3.22. The molecule has 0 saturated heterocycles. The average Bonchev–Trinajstić information content (AvgIpc) is 2.77. The molecule has 1 amide bonds. The number of anilines is 2. The Morgan fingerprint density at radius 1 is 0.867 bits per heavy atom. The van der Waals surface area contributed by atoms with Gasteiger partial charge in [0, 0.05) is 18.3 Å². The number of carbonyl (C=O) groups excluding carboxylic acids is 2. The van der Waals surface area contributed by atoms with Gasteiger partial charge in [-0.3, -0.25) is 4.79 Å². The molecule has 0 aromatic heterocycles. The van der Waals surface area contributed by atoms with E-state index in [0.717, 1.165) is 11.3 Å². The molecule has 0 bridgehead atoms. The van der Waals surface area contributed by atoms with E-state index in [1.807, 2.05) is 80.6 Å². The van der Waals surface area contributed by atoms with Crippen LogP contribution in [0.1, 0.15) is 29.8 Å². The Bertz CT molecular complexity index is 972. The second kappa shape index (κ2) is 10.3. The molecule has 3 rings (SSSR count). The van der Waals surface area contributed by atoms with Crippen LogP contribution in [-0.2, 0) is 16.1 Å². The van der Waals surface area contributed by atoms with Crippen molar-refractivity contribution in [3.63, 3.8) is 0 Å². The molecule has 0 heterocycles. The second-order valence-electron chi connectivity index (χ2n) is 7.21. The highest BCUT2D eigenvalue weighted by atomic mass is 16.5. The number of nitrogens with zero attached hydrogens (tertiary/aromatic N) is 1. The van der Waals surface area contributed by atoms with E-state index >= 15 is 0 Å². The van der Waals surface area contributed by atoms with E-state index in [9.17, 15) is 9.59 Å². The van der Waals surface area contributed by atoms with Crippen LogP contribution in [0, 0.1) is 0 Å². The lowest BCUT2D eigenvalue weighted by atomic mass is 10.1. The zero-order valence-corrected chi connectivity index (χ0v) is 17.2. The number of ether oxygens (including phenoxy) is 1. The Morgan fingerprint density at radius 2 is 1.47 bits per heavy atom. The Labute approximate surface area is 177 Å². The predicted molar refractivity (Wildman–Crippen MR) is 119 cm³/mol. The van der Waals surface area contributed by atoms with Crippen LogP contribution >= 0.6 is 0 Å². The maximum absolute atomic E-state index is 12.7. The van der Waals surface area contributed by atoms with Crippen molar-refractivity contribution in [2.75, 3.05) is 11.9 Å². The number of hydrogen-bond acceptors (Lipinski definition) is 4. The van der Waals surface area contributed by atoms with Crippen LogP contribution < -0.4 is 5.32 Å². The van der Waals surface area contributed by atoms with Gasteiger partial charge in [0.15, 0.2) is 6.61 Å². The molecular formula is C25H26N2O3. The standard InChI is InChI=1S/C25H26N2O3/c1-19(2)27(17-20-11-5-3-6-12-20)24(28)18-30-25(29)22-15-9-10-16-23(22)26-21-13-7-4-8-14-21/h3-16,19,26H,17-18H2,1-2H3. The van der Waals surface area contributed by atoms with Crippen molar-refractivity contribution in [3.8, 4) is 0 Å². The summed E-state index contributed by atoms with van der Waals surface area (Å²) in [5.74, 6) is -0.762. The maximum atomic E-state index is 12.7. The van der Waals surface area contributed by atoms with Crippen LogP contribution in [0.4, 0.5) is 11.4 Å². The Kier molecular flexibility index (Phi) is 7.22. The van der Waals surface area contributed by atoms with E-state index in [1.165, 1.54) is 0 Å². The van der Waals surface area contributed by atoms with Gasteiger partial charge in [0.25, 0.3) is 5.91 Å². The van der Waals surface area contributed by atoms with Gasteiger partial charge >= 0.3 is 5.97 Å². The fourth-order valence-corrected chi connectivity index (χ4v) is 3.07. The SMILES string of the molecule is CC(C)N(Cc1ccccc1)C(=O)COC(=O)c1ccccc1Nc1ccccc1. The molecule has 0 aliphatic carbocycles. The molecule has 3 aromatic carbocycles. The normalized spacial score (nSPS) is 10.5. The highest BCUT2D eigenvalue weighted by Crippen LogP contribution is 2.21. The monoisotopic (exact) mass is 402 g/mol. The summed E-state index contributed by atoms with van der Waals surface area (Å²) < 4.78 is 5.37. The molecule has 0 unspecified atom stereocenters. The third-order valence-corrected chi connectivity index (χ3v) is 4.67. The number of amides is 1. The van der Waals surface area contributed by atoms with Crippen LogP contribution in [-0.4, -0.2) is 29.4 Å². The summed E-state index contributed by atoms with van der Waals surface area (Å²) in [5.41, 5.74) is 2.91. The summed E-state index contributed by atoms with van der Waals surface area (Å²) in [7, 11) is 0. The van der Waals surface area contributed by atoms with Crippen LogP contribution in [0.2, 0.25) is 0 Å². The third kappa shape index (κ3) is 5.70. The molecule has 5 nitrogen and oxygen atoms in total. The third-order valence-electron chi connectivity index (χ3n) is 4.67. The fourth-order valence-electron chi connectivity index (χ4n) is 3.07. The van der Waals surface area contributed by atoms with Crippen molar-refractivity contribution in [2.45, 2.75) is 26.4 Å². The van der Waals surface area contributed by atoms with Gasteiger partial charge in [0.1, 0.15) is 0 Å². The first-order valence-electron chi connectivity index (χ1n) is 9.96. The van der Waals surface area contributed by atoms with Crippen molar-refractivity contribution in [1.82, 2.24) is 4.90 Å². The predicted octanol–water partition coefficient (Wildman–Crippen LogP) is 5.02. The fraction of sp³-hybridized carbons (Fsp3) is 0.200. The topological polar surface area (TPSA) is 58.6 Å². The van der Waals surface area contributed by atoms with Gasteiger partial charge in [-0.1, -0.05) is 60.7 Å². The van der Waals surface area contributed by atoms with Crippen LogP contribution in [0.15, 0.2) is 84.9 Å². The minimum Gasteiger partial charge on any atom is -0.452 e. The first kappa shape index (κ1) is 21.1. The van der Waals surface area contributed by atoms with Crippen LogP contribution in [0.25, 0.3) is 0 Å². The van der Waals surface area contributed by atoms with Gasteiger partial charge in [-0.05, 0) is 43.7 Å². The molecule has 154 valence electrons. The second-order valence-corrected chi connectivity index (χ2v) is 7.21. The zero-order valence-electron chi connectivity index (χ0n) is 17.2. The van der Waals surface area contributed by atoms with Crippen molar-refractivity contribution in [3.05, 3.63) is 96.1 Å². The van der Waals surface area contributed by atoms with E-state index in [2.05, 4.69) is 5.32 Å². The van der Waals surface area contributed by atoms with Gasteiger partial charge in [-0.2, -0.15) is 0 Å². The molecule has 0 aliphatic heterocycles. The van der Waals surface area contributed by atoms with E-state index in [1.54, 1.807) is 23.1 Å². The summed E-state index contributed by atoms with van der Waals surface area (Å²) in [4.78, 5) is 27.1. The molecule has 3 aromatic rings. The van der Waals surface area contributed by atoms with Gasteiger partial charge in [0.05, 0.1) is 11.3 Å². The van der Waals surface area contributed by atoms with Crippen molar-refractivity contribution >= 4 is 23.3 Å². The number of rotatable bonds is 8. The zero-order chi connectivity index (χ0) is 21.3. The summed E-state index contributed by atoms with van der Waals surface area (Å²) in [6.07, 6.45) is 0. The lowest BCUT2D eigenvalue weighted by Gasteiger charge is -2.26. The number of nitrogens with one attached hydrogen (secondary N) is 1. The lowest BCUT2D eigenvalue weighted by Crippen LogP contribution is -2.39. The quantitative estimate of drug-likeness (QED) is 0.537. The first-order valence-corrected chi connectivity index (χ1v) is 9.96. The number of esters is 1. The molecule has 5 heteroatoms. The molecule has 0 radical (unpaired) electrons. The minimum absolute atomic E-state index is 0.0107. The van der Waals surface area contributed by atoms with Gasteiger partial charge in [0.2, 0.25) is 0 Å². The number of para-hydroxylation sites is 2. The highest BCUT2D eigenvalue weighted by Gasteiger charge is 2.20. The molecular weight excluding hydrogens is 376 g/mol. The van der Waals surface area contributed by atoms with Crippen molar-refractivity contribution < 1.29 is 14.3 Å². The average molecular weight is 402 g/mol. The smallest absolute Gasteiger partial charge is 0.340 e. The lowest BCUT2D eigenvalue weighted by molar-refractivity contribution is -0.136. The molecule has 0 spiro atoms. The van der Waals surface area contributed by atoms with Gasteiger partial charge < -0.3 is 15.0 Å². The molecule has 0 saturated carbocycles.